The molecular weight excluding hydrogens is 507 g/mol. The molecule has 206 valence electrons. The van der Waals surface area contributed by atoms with E-state index >= 15 is 0 Å². The van der Waals surface area contributed by atoms with Crippen molar-refractivity contribution in [1.29, 1.82) is 0 Å². The summed E-state index contributed by atoms with van der Waals surface area (Å²) in [6.45, 7) is 7.34. The zero-order chi connectivity index (χ0) is 28.1. The fraction of sp³-hybridized carbons (Fsp3) is 0.429. The van der Waals surface area contributed by atoms with Gasteiger partial charge in [-0.05, 0) is 50.5 Å². The third-order valence-corrected chi connectivity index (χ3v) is 7.38. The van der Waals surface area contributed by atoms with Crippen LogP contribution in [0, 0.1) is 12.7 Å². The maximum atomic E-state index is 14.6. The molecule has 5 rings (SSSR count). The first-order valence-corrected chi connectivity index (χ1v) is 12.9. The molecule has 11 heteroatoms. The molecule has 3 N–H and O–H groups in total. The molecule has 0 unspecified atom stereocenters. The number of fused-ring (bicyclic) bond motifs is 5. The number of nitrogens with one attached hydrogen (secondary N) is 2. The minimum Gasteiger partial charge on any atom is -0.458 e. The third kappa shape index (κ3) is 4.60. The van der Waals surface area contributed by atoms with Crippen molar-refractivity contribution in [2.75, 3.05) is 13.3 Å². The van der Waals surface area contributed by atoms with E-state index in [2.05, 4.69) is 10.6 Å². The molecule has 4 heterocycles. The van der Waals surface area contributed by atoms with E-state index in [0.29, 0.717) is 39.0 Å². The third-order valence-electron chi connectivity index (χ3n) is 7.38. The Morgan fingerprint density at radius 1 is 1.28 bits per heavy atom. The molecule has 10 nitrogen and oxygen atoms in total. The van der Waals surface area contributed by atoms with Crippen molar-refractivity contribution in [3.8, 4) is 11.4 Å². The molecule has 0 spiro atoms. The smallest absolute Gasteiger partial charge is 0.343 e. The summed E-state index contributed by atoms with van der Waals surface area (Å²) in [5.74, 6) is -1.57. The zero-order valence-electron chi connectivity index (χ0n) is 22.3. The number of aromatic nitrogens is 2. The molecule has 0 saturated carbocycles. The van der Waals surface area contributed by atoms with Crippen LogP contribution in [0.4, 0.5) is 4.39 Å². The highest BCUT2D eigenvalue weighted by molar-refractivity contribution is 5.90. The summed E-state index contributed by atoms with van der Waals surface area (Å²) in [6, 6.07) is 4.84. The molecular formula is C28H31FN4O6. The van der Waals surface area contributed by atoms with Crippen LogP contribution in [0.1, 0.15) is 55.0 Å². The normalized spacial score (nSPS) is 17.7. The minimum absolute atomic E-state index is 0.0241. The van der Waals surface area contributed by atoms with Crippen LogP contribution >= 0.6 is 0 Å². The fourth-order valence-electron chi connectivity index (χ4n) is 5.10. The summed E-state index contributed by atoms with van der Waals surface area (Å²) in [7, 11) is 0. The van der Waals surface area contributed by atoms with Crippen molar-refractivity contribution in [2.45, 2.75) is 65.5 Å². The molecule has 0 bridgehead atoms. The molecule has 2 aromatic heterocycles. The topological polar surface area (TPSA) is 132 Å². The molecule has 3 aromatic rings. The van der Waals surface area contributed by atoms with E-state index in [1.165, 1.54) is 10.6 Å². The van der Waals surface area contributed by atoms with Gasteiger partial charge in [0.05, 0.1) is 35.7 Å². The summed E-state index contributed by atoms with van der Waals surface area (Å²) in [6.07, 6.45) is 0.0241. The van der Waals surface area contributed by atoms with Gasteiger partial charge in [0.1, 0.15) is 19.0 Å². The number of cyclic esters (lactones) is 1. The van der Waals surface area contributed by atoms with Crippen LogP contribution in [0.25, 0.3) is 22.3 Å². The maximum Gasteiger partial charge on any atom is 0.343 e. The lowest BCUT2D eigenvalue weighted by Gasteiger charge is -2.31. The van der Waals surface area contributed by atoms with Gasteiger partial charge in [-0.2, -0.15) is 0 Å². The highest BCUT2D eigenvalue weighted by Crippen LogP contribution is 2.40. The molecule has 1 amide bonds. The van der Waals surface area contributed by atoms with E-state index in [4.69, 9.17) is 14.5 Å². The molecule has 0 aliphatic carbocycles. The van der Waals surface area contributed by atoms with Gasteiger partial charge in [0.25, 0.3) is 5.56 Å². The molecule has 0 fully saturated rings. The number of aryl methyl sites for hydroxylation is 1. The first kappa shape index (κ1) is 26.9. The molecule has 39 heavy (non-hydrogen) atoms. The summed E-state index contributed by atoms with van der Waals surface area (Å²) < 4.78 is 26.6. The Kier molecular flexibility index (Phi) is 7.00. The largest absolute Gasteiger partial charge is 0.458 e. The van der Waals surface area contributed by atoms with Crippen LogP contribution in [0.5, 0.6) is 0 Å². The van der Waals surface area contributed by atoms with E-state index in [1.54, 1.807) is 26.0 Å². The van der Waals surface area contributed by atoms with E-state index in [1.807, 2.05) is 13.8 Å². The predicted octanol–water partition coefficient (Wildman–Crippen LogP) is 2.12. The standard InChI is InChI=1S/C28H31FN4O6/c1-5-28(37)20-7-23-25-18(10-33(23)26(35)19(20)11-39-27(28)36)17(9-30-24(34)12-38-13-31-14(2)3)16-6-15(4)21(29)8-22(16)32-25/h6-8,14,31,37H,5,9-13H2,1-4H3,(H,30,34)/t28-/m0/s1. The molecule has 1 aromatic carbocycles. The molecule has 0 radical (unpaired) electrons. The maximum absolute atomic E-state index is 14.6. The first-order valence-electron chi connectivity index (χ1n) is 12.9. The number of esters is 1. The van der Waals surface area contributed by atoms with Crippen molar-refractivity contribution < 1.29 is 28.6 Å². The van der Waals surface area contributed by atoms with Crippen LogP contribution in [0.2, 0.25) is 0 Å². The Labute approximate surface area is 224 Å². The average Bonchev–Trinajstić information content (AvgIpc) is 3.26. The second kappa shape index (κ2) is 10.1. The first-order chi connectivity index (χ1) is 18.5. The number of aliphatic hydroxyl groups is 1. The summed E-state index contributed by atoms with van der Waals surface area (Å²) in [4.78, 5) is 43.2. The van der Waals surface area contributed by atoms with Crippen LogP contribution < -0.4 is 16.2 Å². The number of halogens is 1. The number of hydrogen-bond donors (Lipinski definition) is 3. The molecule has 0 saturated heterocycles. The zero-order valence-corrected chi connectivity index (χ0v) is 22.3. The van der Waals surface area contributed by atoms with Gasteiger partial charge in [0.2, 0.25) is 5.91 Å². The highest BCUT2D eigenvalue weighted by Gasteiger charge is 2.45. The lowest BCUT2D eigenvalue weighted by atomic mass is 9.86. The van der Waals surface area contributed by atoms with E-state index in [-0.39, 0.29) is 62.5 Å². The van der Waals surface area contributed by atoms with Gasteiger partial charge in [-0.15, -0.1) is 0 Å². The Morgan fingerprint density at radius 3 is 2.77 bits per heavy atom. The van der Waals surface area contributed by atoms with Crippen molar-refractivity contribution >= 4 is 22.8 Å². The molecule has 2 aliphatic rings. The minimum atomic E-state index is -1.95. The lowest BCUT2D eigenvalue weighted by Crippen LogP contribution is -2.44. The molecule has 1 atom stereocenters. The summed E-state index contributed by atoms with van der Waals surface area (Å²) in [5.41, 5.74) is 1.09. The van der Waals surface area contributed by atoms with Gasteiger partial charge in [0, 0.05) is 35.2 Å². The second-order valence-electron chi connectivity index (χ2n) is 10.3. The number of benzene rings is 1. The summed E-state index contributed by atoms with van der Waals surface area (Å²) in [5, 5.41) is 17.7. The monoisotopic (exact) mass is 538 g/mol. The predicted molar refractivity (Wildman–Crippen MR) is 140 cm³/mol. The number of amides is 1. The summed E-state index contributed by atoms with van der Waals surface area (Å²) >= 11 is 0. The van der Waals surface area contributed by atoms with Crippen LogP contribution in [-0.2, 0) is 44.4 Å². The van der Waals surface area contributed by atoms with Gasteiger partial charge in [-0.1, -0.05) is 6.92 Å². The van der Waals surface area contributed by atoms with Gasteiger partial charge in [0.15, 0.2) is 5.60 Å². The van der Waals surface area contributed by atoms with Gasteiger partial charge in [-0.3, -0.25) is 14.9 Å². The lowest BCUT2D eigenvalue weighted by molar-refractivity contribution is -0.172. The number of carbonyl (C=O) groups excluding carboxylic acids is 2. The fourth-order valence-corrected chi connectivity index (χ4v) is 5.10. The van der Waals surface area contributed by atoms with E-state index in [0.717, 1.165) is 0 Å². The van der Waals surface area contributed by atoms with Gasteiger partial charge in [-0.25, -0.2) is 14.2 Å². The number of hydrogen-bond acceptors (Lipinski definition) is 8. The quantitative estimate of drug-likeness (QED) is 0.177. The SMILES string of the molecule is CC[C@@]1(O)C(=O)OCc2c1cc1n(c2=O)Cc2c-1nc1cc(F)c(C)cc1c2CNC(=O)COCNC(C)C. The van der Waals surface area contributed by atoms with Crippen molar-refractivity contribution in [2.24, 2.45) is 0 Å². The van der Waals surface area contributed by atoms with Gasteiger partial charge < -0.3 is 24.5 Å². The van der Waals surface area contributed by atoms with Crippen molar-refractivity contribution in [3.05, 3.63) is 62.2 Å². The highest BCUT2D eigenvalue weighted by atomic mass is 19.1. The van der Waals surface area contributed by atoms with Crippen molar-refractivity contribution in [1.82, 2.24) is 20.2 Å². The number of nitrogens with zero attached hydrogens (tertiary/aromatic N) is 2. The molecule has 2 aliphatic heterocycles. The Hall–Kier alpha value is -3.67. The van der Waals surface area contributed by atoms with Crippen LogP contribution in [0.3, 0.4) is 0 Å². The van der Waals surface area contributed by atoms with Crippen LogP contribution in [0.15, 0.2) is 23.0 Å². The van der Waals surface area contributed by atoms with Crippen molar-refractivity contribution in [3.63, 3.8) is 0 Å². The number of carbonyl (C=O) groups is 2. The average molecular weight is 539 g/mol. The van der Waals surface area contributed by atoms with E-state index in [9.17, 15) is 23.9 Å². The number of pyridine rings is 2. The van der Waals surface area contributed by atoms with Gasteiger partial charge >= 0.3 is 5.97 Å². The van der Waals surface area contributed by atoms with E-state index < -0.39 is 22.9 Å². The number of ether oxygens (including phenoxy) is 2. The Morgan fingerprint density at radius 2 is 2.05 bits per heavy atom. The second-order valence-corrected chi connectivity index (χ2v) is 10.3. The Bertz CT molecular complexity index is 1570. The Balaban J connectivity index is 1.58. The number of rotatable bonds is 8. The van der Waals surface area contributed by atoms with Crippen LogP contribution in [-0.4, -0.2) is 45.9 Å².